The van der Waals surface area contributed by atoms with Gasteiger partial charge in [-0.3, -0.25) is 9.59 Å². The highest BCUT2D eigenvalue weighted by molar-refractivity contribution is 5.93. The molecule has 21 heavy (non-hydrogen) atoms. The first-order valence-corrected chi connectivity index (χ1v) is 7.46. The molecule has 2 amide bonds. The minimum absolute atomic E-state index is 0.00202. The van der Waals surface area contributed by atoms with Gasteiger partial charge in [0.15, 0.2) is 0 Å². The summed E-state index contributed by atoms with van der Waals surface area (Å²) in [7, 11) is 0. The summed E-state index contributed by atoms with van der Waals surface area (Å²) in [6.07, 6.45) is 5.12. The van der Waals surface area contributed by atoms with Gasteiger partial charge in [-0.25, -0.2) is 0 Å². The minimum atomic E-state index is 0.00202. The van der Waals surface area contributed by atoms with Gasteiger partial charge in [0, 0.05) is 25.6 Å². The number of rotatable bonds is 3. The highest BCUT2D eigenvalue weighted by Gasteiger charge is 2.26. The molecule has 0 saturated carbocycles. The van der Waals surface area contributed by atoms with Crippen molar-refractivity contribution < 1.29 is 14.0 Å². The van der Waals surface area contributed by atoms with Gasteiger partial charge in [0.05, 0.1) is 11.8 Å². The topological polar surface area (TPSA) is 62.6 Å². The number of hydrogen-bond donors (Lipinski definition) is 1. The van der Waals surface area contributed by atoms with E-state index in [0.717, 1.165) is 12.8 Å². The number of carbonyl (C=O) groups is 2. The van der Waals surface area contributed by atoms with Crippen LogP contribution < -0.4 is 5.32 Å². The zero-order valence-electron chi connectivity index (χ0n) is 13.0. The van der Waals surface area contributed by atoms with Crippen LogP contribution in [-0.4, -0.2) is 35.8 Å². The fourth-order valence-electron chi connectivity index (χ4n) is 2.56. The van der Waals surface area contributed by atoms with Crippen molar-refractivity contribution in [1.29, 1.82) is 0 Å². The number of carbonyl (C=O) groups excluding carboxylic acids is 2. The van der Waals surface area contributed by atoms with E-state index in [-0.39, 0.29) is 23.3 Å². The molecule has 0 spiro atoms. The molecular weight excluding hydrogens is 268 g/mol. The molecule has 5 heteroatoms. The summed E-state index contributed by atoms with van der Waals surface area (Å²) in [5.41, 5.74) is 0.590. The first kappa shape index (κ1) is 15.6. The Morgan fingerprint density at radius 1 is 1.33 bits per heavy atom. The lowest BCUT2D eigenvalue weighted by atomic mass is 9.91. The number of amides is 2. The van der Waals surface area contributed by atoms with Gasteiger partial charge in [0.2, 0.25) is 5.91 Å². The number of hydrogen-bond acceptors (Lipinski definition) is 3. The Balaban J connectivity index is 1.78. The lowest BCUT2D eigenvalue weighted by Gasteiger charge is -2.32. The van der Waals surface area contributed by atoms with E-state index in [0.29, 0.717) is 25.1 Å². The van der Waals surface area contributed by atoms with E-state index in [2.05, 4.69) is 26.1 Å². The van der Waals surface area contributed by atoms with Crippen molar-refractivity contribution >= 4 is 11.8 Å². The lowest BCUT2D eigenvalue weighted by molar-refractivity contribution is -0.123. The number of piperidine rings is 1. The molecule has 1 fully saturated rings. The highest BCUT2D eigenvalue weighted by atomic mass is 16.3. The first-order valence-electron chi connectivity index (χ1n) is 7.46. The highest BCUT2D eigenvalue weighted by Crippen LogP contribution is 2.19. The predicted octanol–water partition coefficient (Wildman–Crippen LogP) is 2.44. The van der Waals surface area contributed by atoms with Crippen LogP contribution in [0.25, 0.3) is 0 Å². The van der Waals surface area contributed by atoms with Crippen LogP contribution in [0.1, 0.15) is 50.4 Å². The fraction of sp³-hybridized carbons (Fsp3) is 0.625. The Kier molecular flexibility index (Phi) is 4.70. The second kappa shape index (κ2) is 6.33. The van der Waals surface area contributed by atoms with E-state index >= 15 is 0 Å². The van der Waals surface area contributed by atoms with Crippen molar-refractivity contribution in [3.8, 4) is 0 Å². The Bertz CT molecular complexity index is 480. The maximum Gasteiger partial charge on any atom is 0.257 e. The molecule has 2 rings (SSSR count). The van der Waals surface area contributed by atoms with Crippen molar-refractivity contribution in [2.24, 2.45) is 5.41 Å². The monoisotopic (exact) mass is 292 g/mol. The summed E-state index contributed by atoms with van der Waals surface area (Å²) >= 11 is 0. The molecule has 2 heterocycles. The maximum absolute atomic E-state index is 12.2. The van der Waals surface area contributed by atoms with E-state index in [1.165, 1.54) is 12.5 Å². The Morgan fingerprint density at radius 2 is 2.00 bits per heavy atom. The van der Waals surface area contributed by atoms with Crippen molar-refractivity contribution in [2.75, 3.05) is 13.1 Å². The zero-order chi connectivity index (χ0) is 15.5. The van der Waals surface area contributed by atoms with Crippen LogP contribution in [0.15, 0.2) is 23.0 Å². The van der Waals surface area contributed by atoms with Crippen LogP contribution in [0.3, 0.4) is 0 Å². The summed E-state index contributed by atoms with van der Waals surface area (Å²) in [6, 6.07) is 1.85. The van der Waals surface area contributed by atoms with Gasteiger partial charge >= 0.3 is 0 Å². The average molecular weight is 292 g/mol. The third kappa shape index (κ3) is 4.62. The smallest absolute Gasteiger partial charge is 0.257 e. The molecule has 0 atom stereocenters. The van der Waals surface area contributed by atoms with E-state index in [9.17, 15) is 9.59 Å². The van der Waals surface area contributed by atoms with Crippen molar-refractivity contribution in [3.05, 3.63) is 24.2 Å². The van der Waals surface area contributed by atoms with Crippen LogP contribution in [0.2, 0.25) is 0 Å². The van der Waals surface area contributed by atoms with Crippen molar-refractivity contribution in [2.45, 2.75) is 46.1 Å². The molecule has 1 aliphatic heterocycles. The summed E-state index contributed by atoms with van der Waals surface area (Å²) in [5, 5.41) is 3.07. The maximum atomic E-state index is 12.2. The van der Waals surface area contributed by atoms with Crippen LogP contribution in [0.5, 0.6) is 0 Å². The third-order valence-electron chi connectivity index (χ3n) is 3.61. The molecule has 0 aromatic carbocycles. The van der Waals surface area contributed by atoms with Crippen molar-refractivity contribution in [1.82, 2.24) is 10.2 Å². The SMILES string of the molecule is CC(C)(C)CC(=O)NC1CCN(C(=O)c2ccoc2)CC1. The van der Waals surface area contributed by atoms with Crippen LogP contribution in [0, 0.1) is 5.41 Å². The van der Waals surface area contributed by atoms with Gasteiger partial charge in [-0.2, -0.15) is 0 Å². The van der Waals surface area contributed by atoms with Gasteiger partial charge in [-0.1, -0.05) is 20.8 Å². The Labute approximate surface area is 125 Å². The molecule has 1 N–H and O–H groups in total. The fourth-order valence-corrected chi connectivity index (χ4v) is 2.56. The molecule has 0 bridgehead atoms. The normalized spacial score (nSPS) is 16.8. The van der Waals surface area contributed by atoms with E-state index in [4.69, 9.17) is 4.42 Å². The zero-order valence-corrected chi connectivity index (χ0v) is 13.0. The molecule has 1 saturated heterocycles. The molecule has 1 aliphatic rings. The molecule has 116 valence electrons. The number of nitrogens with one attached hydrogen (secondary N) is 1. The van der Waals surface area contributed by atoms with Crippen LogP contribution >= 0.6 is 0 Å². The van der Waals surface area contributed by atoms with Gasteiger partial charge in [-0.15, -0.1) is 0 Å². The largest absolute Gasteiger partial charge is 0.472 e. The lowest BCUT2D eigenvalue weighted by Crippen LogP contribution is -2.47. The number of likely N-dealkylation sites (tertiary alicyclic amines) is 1. The molecule has 1 aromatic heterocycles. The quantitative estimate of drug-likeness (QED) is 0.930. The van der Waals surface area contributed by atoms with Crippen molar-refractivity contribution in [3.63, 3.8) is 0 Å². The van der Waals surface area contributed by atoms with Crippen LogP contribution in [0.4, 0.5) is 0 Å². The number of nitrogens with zero attached hydrogens (tertiary/aromatic N) is 1. The third-order valence-corrected chi connectivity index (χ3v) is 3.61. The summed E-state index contributed by atoms with van der Waals surface area (Å²) in [5.74, 6) is 0.102. The summed E-state index contributed by atoms with van der Waals surface area (Å²) in [4.78, 5) is 25.9. The second-order valence-electron chi connectivity index (χ2n) is 6.88. The van der Waals surface area contributed by atoms with Gasteiger partial charge in [0.25, 0.3) is 5.91 Å². The Hall–Kier alpha value is -1.78. The summed E-state index contributed by atoms with van der Waals surface area (Å²) in [6.45, 7) is 7.51. The first-order chi connectivity index (χ1) is 9.85. The van der Waals surface area contributed by atoms with E-state index in [1.807, 2.05) is 4.90 Å². The number of furan rings is 1. The molecule has 5 nitrogen and oxygen atoms in total. The Morgan fingerprint density at radius 3 is 2.52 bits per heavy atom. The van der Waals surface area contributed by atoms with E-state index in [1.54, 1.807) is 6.07 Å². The standard InChI is InChI=1S/C16H24N2O3/c1-16(2,3)10-14(19)17-13-4-7-18(8-5-13)15(20)12-6-9-21-11-12/h6,9,11,13H,4-5,7-8,10H2,1-3H3,(H,17,19). The predicted molar refractivity (Wildman–Crippen MR) is 79.8 cm³/mol. The summed E-state index contributed by atoms with van der Waals surface area (Å²) < 4.78 is 4.94. The van der Waals surface area contributed by atoms with Gasteiger partial charge in [-0.05, 0) is 24.3 Å². The molecular formula is C16H24N2O3. The van der Waals surface area contributed by atoms with Gasteiger partial charge in [0.1, 0.15) is 6.26 Å². The molecule has 0 radical (unpaired) electrons. The van der Waals surface area contributed by atoms with E-state index < -0.39 is 0 Å². The average Bonchev–Trinajstić information content (AvgIpc) is 2.90. The molecule has 1 aromatic rings. The molecule has 0 aliphatic carbocycles. The minimum Gasteiger partial charge on any atom is -0.472 e. The van der Waals surface area contributed by atoms with Gasteiger partial charge < -0.3 is 14.6 Å². The molecule has 0 unspecified atom stereocenters. The van der Waals surface area contributed by atoms with Crippen LogP contribution in [-0.2, 0) is 4.79 Å². The second-order valence-corrected chi connectivity index (χ2v) is 6.88.